The summed E-state index contributed by atoms with van der Waals surface area (Å²) in [5, 5.41) is 17.2. The van der Waals surface area contributed by atoms with Gasteiger partial charge in [0.2, 0.25) is 17.7 Å². The Kier molecular flexibility index (Phi) is 11.5. The molecule has 0 bridgehead atoms. The molecule has 2 aliphatic rings. The highest BCUT2D eigenvalue weighted by atomic mass is 35.5. The second-order valence-corrected chi connectivity index (χ2v) is 13.5. The number of carbonyl (C=O) groups is 1. The normalized spacial score (nSPS) is 19.2. The van der Waals surface area contributed by atoms with Crippen molar-refractivity contribution >= 4 is 29.1 Å². The molecule has 2 aliphatic heterocycles. The van der Waals surface area contributed by atoms with E-state index in [2.05, 4.69) is 20.5 Å². The van der Waals surface area contributed by atoms with Gasteiger partial charge >= 0.3 is 0 Å². The minimum Gasteiger partial charge on any atom is -0.480 e. The van der Waals surface area contributed by atoms with Gasteiger partial charge in [-0.2, -0.15) is 0 Å². The van der Waals surface area contributed by atoms with Gasteiger partial charge in [0, 0.05) is 73.4 Å². The molecule has 264 valence electrons. The maximum atomic E-state index is 11.5. The van der Waals surface area contributed by atoms with E-state index in [1.54, 1.807) is 33.7 Å². The number of aromatic nitrogens is 4. The third-order valence-corrected chi connectivity index (χ3v) is 10.1. The summed E-state index contributed by atoms with van der Waals surface area (Å²) in [6.45, 7) is 3.67. The Bertz CT molecular complexity index is 1850. The lowest BCUT2D eigenvalue weighted by molar-refractivity contribution is -0.119. The number of aliphatic hydroxyl groups is 1. The molecule has 2 aromatic heterocycles. The Morgan fingerprint density at radius 2 is 1.54 bits per heavy atom. The summed E-state index contributed by atoms with van der Waals surface area (Å²) >= 11 is 14.1. The van der Waals surface area contributed by atoms with Crippen LogP contribution in [-0.4, -0.2) is 96.1 Å². The standard InChI is InChI=1S/C36H41Cl2N7O5/c1-48-21-36(20-46)12-13-45(19-36)18-30-35(50-3)44-28(17-41-30)26-9-5-7-24(33(26)38)23-6-4-8-25(32(23)37)27-16-40-29(34(43-27)49-2)15-39-14-22-10-11-31(47)42-22/h4-9,16-17,22,39,46H,10-15,18-21H2,1-3H3,(H,42,47). The van der Waals surface area contributed by atoms with Crippen molar-refractivity contribution in [3.63, 3.8) is 0 Å². The van der Waals surface area contributed by atoms with Crippen LogP contribution in [0.2, 0.25) is 10.0 Å². The number of carbonyl (C=O) groups excluding carboxylic acids is 1. The number of benzene rings is 2. The largest absolute Gasteiger partial charge is 0.480 e. The van der Waals surface area contributed by atoms with Crippen molar-refractivity contribution < 1.29 is 24.1 Å². The fraction of sp³-hybridized carbons (Fsp3) is 0.417. The number of amides is 1. The van der Waals surface area contributed by atoms with Crippen molar-refractivity contribution in [2.75, 3.05) is 54.2 Å². The van der Waals surface area contributed by atoms with Gasteiger partial charge in [0.25, 0.3) is 0 Å². The van der Waals surface area contributed by atoms with Gasteiger partial charge in [0.05, 0.1) is 61.3 Å². The van der Waals surface area contributed by atoms with Gasteiger partial charge in [-0.3, -0.25) is 19.7 Å². The molecule has 2 unspecified atom stereocenters. The summed E-state index contributed by atoms with van der Waals surface area (Å²) < 4.78 is 16.6. The van der Waals surface area contributed by atoms with E-state index in [9.17, 15) is 9.90 Å². The summed E-state index contributed by atoms with van der Waals surface area (Å²) in [6.07, 6.45) is 5.58. The molecule has 2 aromatic carbocycles. The molecular formula is C36H41Cl2N7O5. The minimum atomic E-state index is -0.280. The average molecular weight is 723 g/mol. The Hall–Kier alpha value is -3.91. The zero-order chi connectivity index (χ0) is 35.3. The zero-order valence-electron chi connectivity index (χ0n) is 28.3. The van der Waals surface area contributed by atoms with Crippen LogP contribution in [0.5, 0.6) is 11.8 Å². The average Bonchev–Trinajstić information content (AvgIpc) is 3.74. The molecule has 2 atom stereocenters. The van der Waals surface area contributed by atoms with Gasteiger partial charge in [-0.05, 0) is 19.4 Å². The lowest BCUT2D eigenvalue weighted by atomic mass is 9.89. The Morgan fingerprint density at radius 1 is 0.940 bits per heavy atom. The van der Waals surface area contributed by atoms with Crippen LogP contribution >= 0.6 is 23.2 Å². The van der Waals surface area contributed by atoms with Gasteiger partial charge in [0.15, 0.2) is 0 Å². The first kappa shape index (κ1) is 35.9. The lowest BCUT2D eigenvalue weighted by Gasteiger charge is -2.26. The van der Waals surface area contributed by atoms with Crippen LogP contribution in [0.25, 0.3) is 33.6 Å². The molecule has 0 spiro atoms. The number of aliphatic hydroxyl groups excluding tert-OH is 1. The van der Waals surface area contributed by atoms with E-state index in [4.69, 9.17) is 52.4 Å². The smallest absolute Gasteiger partial charge is 0.237 e. The van der Waals surface area contributed by atoms with Crippen LogP contribution in [0.4, 0.5) is 0 Å². The molecule has 2 fully saturated rings. The van der Waals surface area contributed by atoms with Crippen LogP contribution in [-0.2, 0) is 22.6 Å². The Balaban J connectivity index is 1.22. The quantitative estimate of drug-likeness (QED) is 0.165. The number of methoxy groups -OCH3 is 3. The molecule has 14 heteroatoms. The third-order valence-electron chi connectivity index (χ3n) is 9.29. The number of ether oxygens (including phenoxy) is 3. The van der Waals surface area contributed by atoms with Gasteiger partial charge in [0.1, 0.15) is 11.4 Å². The second-order valence-electron chi connectivity index (χ2n) is 12.7. The van der Waals surface area contributed by atoms with Crippen molar-refractivity contribution in [3.8, 4) is 45.4 Å². The molecule has 0 aliphatic carbocycles. The summed E-state index contributed by atoms with van der Waals surface area (Å²) in [6, 6.07) is 11.5. The molecule has 50 heavy (non-hydrogen) atoms. The van der Waals surface area contributed by atoms with E-state index in [1.165, 1.54) is 0 Å². The monoisotopic (exact) mass is 721 g/mol. The van der Waals surface area contributed by atoms with E-state index in [1.807, 2.05) is 36.4 Å². The maximum absolute atomic E-state index is 11.5. The summed E-state index contributed by atoms with van der Waals surface area (Å²) in [5.74, 6) is 0.876. The van der Waals surface area contributed by atoms with Crippen molar-refractivity contribution in [1.29, 1.82) is 0 Å². The van der Waals surface area contributed by atoms with E-state index in [0.29, 0.717) is 94.9 Å². The van der Waals surface area contributed by atoms with Crippen LogP contribution in [0, 0.1) is 5.41 Å². The number of nitrogens with one attached hydrogen (secondary N) is 2. The predicted octanol–water partition coefficient (Wildman–Crippen LogP) is 4.79. The molecular weight excluding hydrogens is 681 g/mol. The fourth-order valence-electron chi connectivity index (χ4n) is 6.65. The summed E-state index contributed by atoms with van der Waals surface area (Å²) in [5.41, 5.74) is 4.97. The molecule has 6 rings (SSSR count). The number of nitrogens with zero attached hydrogens (tertiary/aromatic N) is 5. The van der Waals surface area contributed by atoms with Gasteiger partial charge in [-0.25, -0.2) is 9.97 Å². The Morgan fingerprint density at radius 3 is 2.10 bits per heavy atom. The SMILES string of the molecule is COCC1(CO)CCN(Cc2ncc(-c3cccc(-c4cccc(-c5cnc(CNCC6CCC(=O)N6)c(OC)n5)c4Cl)c3Cl)nc2OC)C1. The van der Waals surface area contributed by atoms with Crippen molar-refractivity contribution in [1.82, 2.24) is 35.5 Å². The van der Waals surface area contributed by atoms with Crippen LogP contribution in [0.3, 0.4) is 0 Å². The number of likely N-dealkylation sites (tertiary alicyclic amines) is 1. The topological polar surface area (TPSA) is 144 Å². The number of hydrogen-bond acceptors (Lipinski definition) is 11. The summed E-state index contributed by atoms with van der Waals surface area (Å²) in [7, 11) is 4.79. The molecule has 2 saturated heterocycles. The lowest BCUT2D eigenvalue weighted by Crippen LogP contribution is -2.35. The van der Waals surface area contributed by atoms with Gasteiger partial charge in [-0.1, -0.05) is 59.6 Å². The molecule has 4 aromatic rings. The number of rotatable bonds is 14. The van der Waals surface area contributed by atoms with Gasteiger partial charge < -0.3 is 30.0 Å². The highest BCUT2D eigenvalue weighted by Crippen LogP contribution is 2.42. The second kappa shape index (κ2) is 16.0. The van der Waals surface area contributed by atoms with E-state index >= 15 is 0 Å². The maximum Gasteiger partial charge on any atom is 0.237 e. The first-order chi connectivity index (χ1) is 24.3. The van der Waals surface area contributed by atoms with E-state index in [0.717, 1.165) is 30.5 Å². The van der Waals surface area contributed by atoms with Gasteiger partial charge in [-0.15, -0.1) is 0 Å². The Labute approximate surface area is 301 Å². The van der Waals surface area contributed by atoms with Crippen LogP contribution < -0.4 is 20.1 Å². The molecule has 3 N–H and O–H groups in total. The summed E-state index contributed by atoms with van der Waals surface area (Å²) in [4.78, 5) is 32.6. The molecule has 4 heterocycles. The molecule has 0 radical (unpaired) electrons. The van der Waals surface area contributed by atoms with E-state index < -0.39 is 0 Å². The predicted molar refractivity (Wildman–Crippen MR) is 191 cm³/mol. The minimum absolute atomic E-state index is 0.0660. The first-order valence-corrected chi connectivity index (χ1v) is 17.2. The highest BCUT2D eigenvalue weighted by Gasteiger charge is 2.38. The number of halogens is 2. The molecule has 0 saturated carbocycles. The number of hydrogen-bond donors (Lipinski definition) is 3. The fourth-order valence-corrected chi connectivity index (χ4v) is 7.30. The third kappa shape index (κ3) is 7.70. The molecule has 1 amide bonds. The van der Waals surface area contributed by atoms with Crippen LogP contribution in [0.1, 0.15) is 30.7 Å². The van der Waals surface area contributed by atoms with Crippen molar-refractivity contribution in [3.05, 3.63) is 70.2 Å². The first-order valence-electron chi connectivity index (χ1n) is 16.5. The zero-order valence-corrected chi connectivity index (χ0v) is 29.9. The van der Waals surface area contributed by atoms with E-state index in [-0.39, 0.29) is 24.0 Å². The molecule has 12 nitrogen and oxygen atoms in total. The van der Waals surface area contributed by atoms with Crippen LogP contribution in [0.15, 0.2) is 48.8 Å². The van der Waals surface area contributed by atoms with Crippen molar-refractivity contribution in [2.45, 2.75) is 38.4 Å². The highest BCUT2D eigenvalue weighted by molar-refractivity contribution is 6.39. The van der Waals surface area contributed by atoms with Crippen molar-refractivity contribution in [2.24, 2.45) is 5.41 Å².